The Bertz CT molecular complexity index is 1400. The molecule has 0 aromatic heterocycles. The topological polar surface area (TPSA) is 111 Å². The van der Waals surface area contributed by atoms with Crippen molar-refractivity contribution in [2.75, 3.05) is 0 Å². The zero-order valence-corrected chi connectivity index (χ0v) is 23.0. The minimum atomic E-state index is -4.59. The Labute approximate surface area is 234 Å². The van der Waals surface area contributed by atoms with E-state index in [-0.39, 0.29) is 53.0 Å². The molecule has 9 unspecified atom stereocenters. The normalized spacial score (nSPS) is 37.5. The predicted molar refractivity (Wildman–Crippen MR) is 142 cm³/mol. The van der Waals surface area contributed by atoms with Crippen LogP contribution in [0, 0.1) is 0 Å². The molecule has 6 heterocycles. The van der Waals surface area contributed by atoms with Crippen LogP contribution in [0.1, 0.15) is 103 Å². The van der Waals surface area contributed by atoms with E-state index in [2.05, 4.69) is 12.1 Å². The largest absolute Gasteiger partial charge is 0.744 e. The first-order valence-corrected chi connectivity index (χ1v) is 16.1. The van der Waals surface area contributed by atoms with Crippen LogP contribution in [0.4, 0.5) is 0 Å². The third-order valence-electron chi connectivity index (χ3n) is 10.3. The second-order valence-electron chi connectivity index (χ2n) is 12.5. The van der Waals surface area contributed by atoms with E-state index in [0.717, 1.165) is 68.9 Å². The van der Waals surface area contributed by atoms with Gasteiger partial charge in [-0.25, -0.2) is 13.2 Å². The number of ether oxygens (including phenoxy) is 4. The maximum absolute atomic E-state index is 14.1. The van der Waals surface area contributed by atoms with Crippen molar-refractivity contribution in [1.29, 1.82) is 0 Å². The van der Waals surface area contributed by atoms with Crippen LogP contribution in [-0.2, 0) is 24.3 Å². The molecule has 2 aromatic carbocycles. The number of benzene rings is 2. The second kappa shape index (κ2) is 9.36. The minimum absolute atomic E-state index is 0.0914. The van der Waals surface area contributed by atoms with Crippen LogP contribution in [0.3, 0.4) is 0 Å². The predicted octanol–water partition coefficient (Wildman–Crippen LogP) is 4.91. The lowest BCUT2D eigenvalue weighted by atomic mass is 9.73. The van der Waals surface area contributed by atoms with Gasteiger partial charge in [-0.2, -0.15) is 0 Å². The second-order valence-corrected chi connectivity index (χ2v) is 13.9. The van der Waals surface area contributed by atoms with E-state index in [9.17, 15) is 17.8 Å². The summed E-state index contributed by atoms with van der Waals surface area (Å²) in [5, 5.41) is 0. The molecule has 0 saturated carbocycles. The molecule has 40 heavy (non-hydrogen) atoms. The number of carbonyl (C=O) groups excluding carboxylic acids is 1. The summed E-state index contributed by atoms with van der Waals surface area (Å²) in [5.74, 6) is 0.304. The number of hydrogen-bond donors (Lipinski definition) is 0. The average Bonchev–Trinajstić information content (AvgIpc) is 3.80. The van der Waals surface area contributed by atoms with Crippen molar-refractivity contribution < 1.29 is 36.7 Å². The van der Waals surface area contributed by atoms with E-state index in [0.29, 0.717) is 17.6 Å². The van der Waals surface area contributed by atoms with Gasteiger partial charge in [-0.1, -0.05) is 12.1 Å². The SMILES string of the molecule is O=C(Oc1ccc(S(=O)(=O)[O-])cc1)c1c(C2CC3CCC2O3)cc(C2CC3CCC2O3)cc1C1CC2CCC1O2. The lowest BCUT2D eigenvalue weighted by Crippen LogP contribution is -2.26. The van der Waals surface area contributed by atoms with E-state index >= 15 is 0 Å². The van der Waals surface area contributed by atoms with Gasteiger partial charge in [-0.15, -0.1) is 0 Å². The fraction of sp³-hybridized carbons (Fsp3) is 0.581. The molecule has 6 saturated heterocycles. The molecule has 6 aliphatic rings. The molecule has 0 amide bonds. The molecule has 9 heteroatoms. The number of hydrogen-bond acceptors (Lipinski definition) is 8. The number of esters is 1. The van der Waals surface area contributed by atoms with Gasteiger partial charge in [-0.05, 0) is 98.7 Å². The van der Waals surface area contributed by atoms with Crippen LogP contribution in [0.2, 0.25) is 0 Å². The Morgan fingerprint density at radius 3 is 1.60 bits per heavy atom. The Kier molecular flexibility index (Phi) is 5.95. The first kappa shape index (κ1) is 25.4. The standard InChI is InChI=1S/C31H34O8S/c32-31(39-17-1-6-21(7-2-17)40(33,34)35)30-25(23-14-19-4-9-28(23)37-19)11-16(22-13-18-3-8-27(22)36-18)12-26(30)24-15-20-5-10-29(24)38-20/h1-2,6-7,11-12,18-20,22-24,27-29H,3-5,8-10,13-15H2,(H,33,34,35)/p-1. The molecule has 6 fully saturated rings. The number of fused-ring (bicyclic) bond motifs is 6. The van der Waals surface area contributed by atoms with Gasteiger partial charge in [0.2, 0.25) is 0 Å². The van der Waals surface area contributed by atoms with Gasteiger partial charge in [0.25, 0.3) is 0 Å². The molecule has 2 aromatic rings. The molecule has 212 valence electrons. The summed E-state index contributed by atoms with van der Waals surface area (Å²) < 4.78 is 58.9. The van der Waals surface area contributed by atoms with Crippen LogP contribution in [0.25, 0.3) is 0 Å². The summed E-state index contributed by atoms with van der Waals surface area (Å²) in [5.41, 5.74) is 3.88. The molecular formula is C31H33O8S-. The first-order valence-electron chi connectivity index (χ1n) is 14.7. The highest BCUT2D eigenvalue weighted by Crippen LogP contribution is 2.52. The van der Waals surface area contributed by atoms with Gasteiger partial charge in [0.15, 0.2) is 0 Å². The zero-order valence-electron chi connectivity index (χ0n) is 22.2. The van der Waals surface area contributed by atoms with Crippen molar-refractivity contribution in [1.82, 2.24) is 0 Å². The summed E-state index contributed by atoms with van der Waals surface area (Å²) in [6.45, 7) is 0. The van der Waals surface area contributed by atoms with Crippen LogP contribution >= 0.6 is 0 Å². The first-order chi connectivity index (χ1) is 19.3. The van der Waals surface area contributed by atoms with E-state index in [1.165, 1.54) is 29.8 Å². The molecule has 6 bridgehead atoms. The van der Waals surface area contributed by atoms with Gasteiger partial charge in [0, 0.05) is 17.8 Å². The molecule has 8 nitrogen and oxygen atoms in total. The summed E-state index contributed by atoms with van der Waals surface area (Å²) >= 11 is 0. The highest BCUT2D eigenvalue weighted by atomic mass is 32.2. The Morgan fingerprint density at radius 1 is 0.725 bits per heavy atom. The van der Waals surface area contributed by atoms with E-state index in [4.69, 9.17) is 18.9 Å². The van der Waals surface area contributed by atoms with E-state index < -0.39 is 16.1 Å². The Hall–Kier alpha value is -2.30. The monoisotopic (exact) mass is 565 g/mol. The van der Waals surface area contributed by atoms with Crippen molar-refractivity contribution in [3.63, 3.8) is 0 Å². The van der Waals surface area contributed by atoms with Crippen LogP contribution in [0.15, 0.2) is 41.3 Å². The van der Waals surface area contributed by atoms with E-state index in [1.54, 1.807) is 0 Å². The molecule has 0 N–H and O–H groups in total. The van der Waals surface area contributed by atoms with Crippen LogP contribution < -0.4 is 4.74 Å². The fourth-order valence-corrected chi connectivity index (χ4v) is 8.97. The quantitative estimate of drug-likeness (QED) is 0.276. The number of rotatable bonds is 6. The molecular weight excluding hydrogens is 532 g/mol. The highest BCUT2D eigenvalue weighted by molar-refractivity contribution is 7.85. The Morgan fingerprint density at radius 2 is 1.20 bits per heavy atom. The number of carbonyl (C=O) groups is 1. The van der Waals surface area contributed by atoms with Crippen molar-refractivity contribution in [3.05, 3.63) is 58.7 Å². The third kappa shape index (κ3) is 4.24. The zero-order chi connectivity index (χ0) is 27.2. The van der Waals surface area contributed by atoms with Gasteiger partial charge in [-0.3, -0.25) is 0 Å². The minimum Gasteiger partial charge on any atom is -0.744 e. The average molecular weight is 566 g/mol. The summed E-state index contributed by atoms with van der Waals surface area (Å²) in [6.07, 6.45) is 10.3. The third-order valence-corrected chi connectivity index (χ3v) is 11.1. The maximum atomic E-state index is 14.1. The van der Waals surface area contributed by atoms with Crippen molar-refractivity contribution >= 4 is 16.1 Å². The molecule has 0 radical (unpaired) electrons. The van der Waals surface area contributed by atoms with Gasteiger partial charge < -0.3 is 23.5 Å². The van der Waals surface area contributed by atoms with Gasteiger partial charge in [0.05, 0.1) is 47.1 Å². The molecule has 8 rings (SSSR count). The van der Waals surface area contributed by atoms with Crippen molar-refractivity contribution in [2.45, 2.75) is 117 Å². The lowest BCUT2D eigenvalue weighted by molar-refractivity contribution is 0.0728. The maximum Gasteiger partial charge on any atom is 0.344 e. The van der Waals surface area contributed by atoms with Crippen molar-refractivity contribution in [3.8, 4) is 5.75 Å². The summed E-state index contributed by atoms with van der Waals surface area (Å²) in [7, 11) is -4.59. The van der Waals surface area contributed by atoms with Crippen LogP contribution in [-0.4, -0.2) is 55.6 Å². The summed E-state index contributed by atoms with van der Waals surface area (Å²) in [6, 6.07) is 9.57. The fourth-order valence-electron chi connectivity index (χ4n) is 8.50. The Balaban J connectivity index is 1.23. The van der Waals surface area contributed by atoms with Crippen molar-refractivity contribution in [2.24, 2.45) is 0 Å². The highest BCUT2D eigenvalue weighted by Gasteiger charge is 2.48. The molecule has 0 spiro atoms. The van der Waals surface area contributed by atoms with Gasteiger partial charge >= 0.3 is 5.97 Å². The molecule has 0 aliphatic carbocycles. The molecule has 9 atom stereocenters. The van der Waals surface area contributed by atoms with Crippen LogP contribution in [0.5, 0.6) is 5.75 Å². The summed E-state index contributed by atoms with van der Waals surface area (Å²) in [4.78, 5) is 13.8. The van der Waals surface area contributed by atoms with E-state index in [1.807, 2.05) is 0 Å². The molecule has 6 aliphatic heterocycles. The lowest BCUT2D eigenvalue weighted by Gasteiger charge is -2.30. The smallest absolute Gasteiger partial charge is 0.344 e. The van der Waals surface area contributed by atoms with Gasteiger partial charge in [0.1, 0.15) is 15.9 Å².